The van der Waals surface area contributed by atoms with Crippen LogP contribution in [0, 0.1) is 0 Å². The van der Waals surface area contributed by atoms with Gasteiger partial charge in [-0.15, -0.1) is 0 Å². The van der Waals surface area contributed by atoms with Gasteiger partial charge in [-0.1, -0.05) is 34.1 Å². The summed E-state index contributed by atoms with van der Waals surface area (Å²) in [5, 5.41) is 4.94. The van der Waals surface area contributed by atoms with Gasteiger partial charge in [0, 0.05) is 27.6 Å². The molecule has 1 aromatic heterocycles. The molecule has 4 rings (SSSR count). The predicted octanol–water partition coefficient (Wildman–Crippen LogP) is 4.18. The Morgan fingerprint density at radius 1 is 1.08 bits per heavy atom. The summed E-state index contributed by atoms with van der Waals surface area (Å²) in [6.45, 7) is 0.945. The molecule has 0 saturated heterocycles. The maximum absolute atomic E-state index is 5.49. The highest BCUT2D eigenvalue weighted by atomic mass is 79.9. The molecule has 0 amide bonds. The lowest BCUT2D eigenvalue weighted by atomic mass is 9.94. The number of fused-ring (bicyclic) bond motifs is 3. The quantitative estimate of drug-likeness (QED) is 0.709. The molecular weight excluding hydrogens is 368 g/mol. The average molecular weight is 387 g/mol. The fraction of sp³-hybridized carbons (Fsp3) is 0.263. The molecule has 5 heteroatoms. The van der Waals surface area contributed by atoms with E-state index in [9.17, 15) is 0 Å². The largest absolute Gasteiger partial charge is 0.493 e. The van der Waals surface area contributed by atoms with Gasteiger partial charge < -0.3 is 19.8 Å². The molecule has 24 heavy (non-hydrogen) atoms. The Labute approximate surface area is 149 Å². The van der Waals surface area contributed by atoms with Crippen molar-refractivity contribution in [3.63, 3.8) is 0 Å². The number of methoxy groups -OCH3 is 2. The Hall–Kier alpha value is -1.98. The average Bonchev–Trinajstić information content (AvgIpc) is 3.00. The molecule has 0 radical (unpaired) electrons. The number of halogens is 1. The van der Waals surface area contributed by atoms with Crippen LogP contribution in [0.1, 0.15) is 22.9 Å². The first-order chi connectivity index (χ1) is 11.7. The number of ether oxygens (including phenoxy) is 2. The highest BCUT2D eigenvalue weighted by Gasteiger charge is 2.27. The molecular formula is C19H19BrN2O2. The third kappa shape index (κ3) is 2.39. The van der Waals surface area contributed by atoms with Crippen LogP contribution in [0.3, 0.4) is 0 Å². The molecule has 0 saturated carbocycles. The summed E-state index contributed by atoms with van der Waals surface area (Å²) in [4.78, 5) is 3.60. The zero-order valence-electron chi connectivity index (χ0n) is 13.7. The van der Waals surface area contributed by atoms with Crippen LogP contribution in [0.4, 0.5) is 0 Å². The summed E-state index contributed by atoms with van der Waals surface area (Å²) in [6.07, 6.45) is 1.03. The van der Waals surface area contributed by atoms with Gasteiger partial charge in [0.25, 0.3) is 0 Å². The van der Waals surface area contributed by atoms with E-state index in [2.05, 4.69) is 50.5 Å². The number of hydrogen-bond donors (Lipinski definition) is 2. The molecule has 124 valence electrons. The molecule has 1 unspecified atom stereocenters. The van der Waals surface area contributed by atoms with Crippen molar-refractivity contribution < 1.29 is 9.47 Å². The normalized spacial score (nSPS) is 16.9. The van der Waals surface area contributed by atoms with E-state index in [1.165, 1.54) is 22.2 Å². The van der Waals surface area contributed by atoms with Gasteiger partial charge in [-0.2, -0.15) is 0 Å². The maximum atomic E-state index is 5.49. The third-order valence-corrected chi connectivity index (χ3v) is 5.36. The van der Waals surface area contributed by atoms with Crippen LogP contribution >= 0.6 is 15.9 Å². The van der Waals surface area contributed by atoms with E-state index in [-0.39, 0.29) is 6.04 Å². The zero-order chi connectivity index (χ0) is 16.7. The number of aromatic nitrogens is 1. The van der Waals surface area contributed by atoms with Gasteiger partial charge >= 0.3 is 0 Å². The van der Waals surface area contributed by atoms with Crippen LogP contribution < -0.4 is 14.8 Å². The summed E-state index contributed by atoms with van der Waals surface area (Å²) in [6, 6.07) is 12.6. The highest BCUT2D eigenvalue weighted by Crippen LogP contribution is 2.40. The molecule has 2 N–H and O–H groups in total. The molecule has 2 heterocycles. The number of nitrogens with one attached hydrogen (secondary N) is 2. The monoisotopic (exact) mass is 386 g/mol. The van der Waals surface area contributed by atoms with Crippen molar-refractivity contribution in [2.24, 2.45) is 0 Å². The SMILES string of the molecule is COc1cc(Br)c(C2NCCc3c2[nH]c2ccccc32)cc1OC. The summed E-state index contributed by atoms with van der Waals surface area (Å²) in [5.41, 5.74) is 4.96. The Morgan fingerprint density at radius 2 is 1.83 bits per heavy atom. The molecule has 4 nitrogen and oxygen atoms in total. The number of rotatable bonds is 3. The summed E-state index contributed by atoms with van der Waals surface area (Å²) < 4.78 is 11.9. The number of hydrogen-bond acceptors (Lipinski definition) is 3. The molecule has 1 aliphatic rings. The topological polar surface area (TPSA) is 46.3 Å². The van der Waals surface area contributed by atoms with E-state index in [0.29, 0.717) is 0 Å². The molecule has 0 spiro atoms. The second kappa shape index (κ2) is 6.15. The molecule has 1 atom stereocenters. The van der Waals surface area contributed by atoms with Gasteiger partial charge in [0.15, 0.2) is 11.5 Å². The van der Waals surface area contributed by atoms with Gasteiger partial charge in [-0.3, -0.25) is 0 Å². The van der Waals surface area contributed by atoms with Gasteiger partial charge in [-0.05, 0) is 35.7 Å². The lowest BCUT2D eigenvalue weighted by molar-refractivity contribution is 0.353. The smallest absolute Gasteiger partial charge is 0.161 e. The van der Waals surface area contributed by atoms with Crippen LogP contribution in [-0.4, -0.2) is 25.7 Å². The van der Waals surface area contributed by atoms with Crippen LogP contribution in [0.5, 0.6) is 11.5 Å². The van der Waals surface area contributed by atoms with Gasteiger partial charge in [-0.25, -0.2) is 0 Å². The number of para-hydroxylation sites is 1. The third-order valence-electron chi connectivity index (χ3n) is 4.67. The summed E-state index contributed by atoms with van der Waals surface area (Å²) in [7, 11) is 3.32. The van der Waals surface area contributed by atoms with E-state index in [1.54, 1.807) is 14.2 Å². The molecule has 0 fully saturated rings. The first kappa shape index (κ1) is 15.5. The van der Waals surface area contributed by atoms with E-state index in [0.717, 1.165) is 34.5 Å². The van der Waals surface area contributed by atoms with Gasteiger partial charge in [0.2, 0.25) is 0 Å². The molecule has 2 aromatic carbocycles. The van der Waals surface area contributed by atoms with Gasteiger partial charge in [0.05, 0.1) is 20.3 Å². The maximum Gasteiger partial charge on any atom is 0.161 e. The van der Waals surface area contributed by atoms with Crippen LogP contribution in [0.15, 0.2) is 40.9 Å². The van der Waals surface area contributed by atoms with Gasteiger partial charge in [0.1, 0.15) is 0 Å². The first-order valence-electron chi connectivity index (χ1n) is 7.97. The fourth-order valence-corrected chi connectivity index (χ4v) is 4.09. The Balaban J connectivity index is 1.87. The Morgan fingerprint density at radius 3 is 2.62 bits per heavy atom. The van der Waals surface area contributed by atoms with E-state index < -0.39 is 0 Å². The zero-order valence-corrected chi connectivity index (χ0v) is 15.2. The minimum Gasteiger partial charge on any atom is -0.493 e. The fourth-order valence-electron chi connectivity index (χ4n) is 3.54. The number of aromatic amines is 1. The van der Waals surface area contributed by atoms with Crippen molar-refractivity contribution in [2.45, 2.75) is 12.5 Å². The summed E-state index contributed by atoms with van der Waals surface area (Å²) in [5.74, 6) is 1.46. The minimum atomic E-state index is 0.0929. The Bertz CT molecular complexity index is 904. The van der Waals surface area contributed by atoms with Crippen LogP contribution in [-0.2, 0) is 6.42 Å². The number of H-pyrrole nitrogens is 1. The second-order valence-corrected chi connectivity index (χ2v) is 6.78. The predicted molar refractivity (Wildman–Crippen MR) is 99.1 cm³/mol. The van der Waals surface area contributed by atoms with Crippen LogP contribution in [0.25, 0.3) is 10.9 Å². The second-order valence-electron chi connectivity index (χ2n) is 5.93. The minimum absolute atomic E-state index is 0.0929. The highest BCUT2D eigenvalue weighted by molar-refractivity contribution is 9.10. The van der Waals surface area contributed by atoms with E-state index in [1.807, 2.05) is 12.1 Å². The first-order valence-corrected chi connectivity index (χ1v) is 8.76. The van der Waals surface area contributed by atoms with E-state index in [4.69, 9.17) is 9.47 Å². The molecule has 1 aliphatic heterocycles. The number of benzene rings is 2. The van der Waals surface area contributed by atoms with Crippen molar-refractivity contribution in [1.82, 2.24) is 10.3 Å². The standard InChI is InChI=1S/C19H19BrN2O2/c1-23-16-9-13(14(20)10-17(16)24-2)18-19-12(7-8-21-18)11-5-3-4-6-15(11)22-19/h3-6,9-10,18,21-22H,7-8H2,1-2H3. The molecule has 3 aromatic rings. The molecule has 0 bridgehead atoms. The van der Waals surface area contributed by atoms with E-state index >= 15 is 0 Å². The van der Waals surface area contributed by atoms with Crippen molar-refractivity contribution >= 4 is 26.8 Å². The molecule has 0 aliphatic carbocycles. The van der Waals surface area contributed by atoms with Crippen molar-refractivity contribution in [3.8, 4) is 11.5 Å². The summed E-state index contributed by atoms with van der Waals surface area (Å²) >= 11 is 3.69. The lowest BCUT2D eigenvalue weighted by Gasteiger charge is -2.26. The van der Waals surface area contributed by atoms with Crippen molar-refractivity contribution in [1.29, 1.82) is 0 Å². The van der Waals surface area contributed by atoms with Crippen molar-refractivity contribution in [2.75, 3.05) is 20.8 Å². The Kier molecular flexibility index (Phi) is 3.98. The van der Waals surface area contributed by atoms with Crippen molar-refractivity contribution in [3.05, 3.63) is 57.7 Å². The van der Waals surface area contributed by atoms with Crippen LogP contribution in [0.2, 0.25) is 0 Å². The lowest BCUT2D eigenvalue weighted by Crippen LogP contribution is -2.30.